The molecule has 3 rings (SSSR count). The maximum Gasteiger partial charge on any atom is 0.265 e. The van der Waals surface area contributed by atoms with Crippen LogP contribution in [-0.4, -0.2) is 54.7 Å². The minimum Gasteiger partial charge on any atom is -0.335 e. The first-order valence-electron chi connectivity index (χ1n) is 7.68. The summed E-state index contributed by atoms with van der Waals surface area (Å²) in [5, 5.41) is 0.862. The molecule has 0 N–H and O–H groups in total. The number of aromatic nitrogens is 1. The number of hydrogen-bond donors (Lipinski definition) is 0. The van der Waals surface area contributed by atoms with Crippen LogP contribution in [0.25, 0.3) is 0 Å². The molecule has 1 aliphatic rings. The molecule has 0 aliphatic carbocycles. The standard InChI is InChI=1S/C16H19N3O3S2/c1-12-15(23-13(2)17-12)16(20)18-8-10-19(11-9-18)24(21,22)14-6-4-3-5-7-14/h3-7H,8-11H2,1-2H3. The lowest BCUT2D eigenvalue weighted by atomic mass is 10.3. The highest BCUT2D eigenvalue weighted by molar-refractivity contribution is 7.89. The van der Waals surface area contributed by atoms with Gasteiger partial charge >= 0.3 is 0 Å². The number of sulfonamides is 1. The summed E-state index contributed by atoms with van der Waals surface area (Å²) in [5.41, 5.74) is 0.738. The third kappa shape index (κ3) is 3.22. The van der Waals surface area contributed by atoms with Crippen molar-refractivity contribution in [2.45, 2.75) is 18.7 Å². The molecule has 0 atom stereocenters. The van der Waals surface area contributed by atoms with Crippen molar-refractivity contribution in [2.75, 3.05) is 26.2 Å². The van der Waals surface area contributed by atoms with Crippen LogP contribution in [0.3, 0.4) is 0 Å². The summed E-state index contributed by atoms with van der Waals surface area (Å²) in [6.45, 7) is 5.09. The van der Waals surface area contributed by atoms with Crippen molar-refractivity contribution in [2.24, 2.45) is 0 Å². The van der Waals surface area contributed by atoms with Gasteiger partial charge in [0.2, 0.25) is 10.0 Å². The van der Waals surface area contributed by atoms with Crippen molar-refractivity contribution in [3.63, 3.8) is 0 Å². The van der Waals surface area contributed by atoms with Gasteiger partial charge in [0.25, 0.3) is 5.91 Å². The Hall–Kier alpha value is -1.77. The first-order valence-corrected chi connectivity index (χ1v) is 9.94. The van der Waals surface area contributed by atoms with Crippen molar-refractivity contribution in [3.8, 4) is 0 Å². The van der Waals surface area contributed by atoms with E-state index in [4.69, 9.17) is 0 Å². The third-order valence-corrected chi connectivity index (χ3v) is 6.98. The summed E-state index contributed by atoms with van der Waals surface area (Å²) in [5.74, 6) is -0.0603. The van der Waals surface area contributed by atoms with Crippen LogP contribution < -0.4 is 0 Å². The molecule has 1 aromatic heterocycles. The van der Waals surface area contributed by atoms with E-state index >= 15 is 0 Å². The predicted octanol–water partition coefficient (Wildman–Crippen LogP) is 1.91. The molecule has 1 aromatic carbocycles. The molecule has 8 heteroatoms. The number of carbonyl (C=O) groups excluding carboxylic acids is 1. The van der Waals surface area contributed by atoms with Crippen molar-refractivity contribution in [1.29, 1.82) is 0 Å². The summed E-state index contributed by atoms with van der Waals surface area (Å²) in [4.78, 5) is 19.5. The molecule has 0 radical (unpaired) electrons. The number of amides is 1. The molecule has 128 valence electrons. The molecule has 2 heterocycles. The van der Waals surface area contributed by atoms with Crippen LogP contribution in [0.4, 0.5) is 0 Å². The predicted molar refractivity (Wildman–Crippen MR) is 92.7 cm³/mol. The topological polar surface area (TPSA) is 70.6 Å². The Morgan fingerprint density at radius 1 is 1.08 bits per heavy atom. The zero-order chi connectivity index (χ0) is 17.3. The van der Waals surface area contributed by atoms with Gasteiger partial charge in [-0.3, -0.25) is 4.79 Å². The molecular weight excluding hydrogens is 346 g/mol. The lowest BCUT2D eigenvalue weighted by Gasteiger charge is -2.33. The quantitative estimate of drug-likeness (QED) is 0.833. The van der Waals surface area contributed by atoms with Crippen LogP contribution in [0.15, 0.2) is 35.2 Å². The fraction of sp³-hybridized carbons (Fsp3) is 0.375. The van der Waals surface area contributed by atoms with Gasteiger partial charge in [0.1, 0.15) is 4.88 Å². The van der Waals surface area contributed by atoms with Gasteiger partial charge in [-0.25, -0.2) is 13.4 Å². The van der Waals surface area contributed by atoms with Crippen molar-refractivity contribution >= 4 is 27.3 Å². The van der Waals surface area contributed by atoms with E-state index < -0.39 is 10.0 Å². The normalized spacial score (nSPS) is 16.3. The molecule has 24 heavy (non-hydrogen) atoms. The summed E-state index contributed by atoms with van der Waals surface area (Å²) < 4.78 is 26.7. The van der Waals surface area contributed by atoms with Gasteiger partial charge in [-0.2, -0.15) is 4.31 Å². The Morgan fingerprint density at radius 3 is 2.25 bits per heavy atom. The molecule has 0 bridgehead atoms. The number of benzene rings is 1. The maximum atomic E-state index is 12.6. The Labute approximate surface area is 145 Å². The first-order chi connectivity index (χ1) is 11.4. The van der Waals surface area contributed by atoms with Gasteiger partial charge in [0, 0.05) is 26.2 Å². The first kappa shape index (κ1) is 17.1. The van der Waals surface area contributed by atoms with Crippen LogP contribution in [0.5, 0.6) is 0 Å². The zero-order valence-corrected chi connectivity index (χ0v) is 15.2. The SMILES string of the molecule is Cc1nc(C)c(C(=O)N2CCN(S(=O)(=O)c3ccccc3)CC2)s1. The van der Waals surface area contributed by atoms with Crippen LogP contribution in [-0.2, 0) is 10.0 Å². The highest BCUT2D eigenvalue weighted by Gasteiger charge is 2.31. The Kier molecular flexibility index (Phi) is 4.71. The minimum atomic E-state index is -3.49. The molecule has 1 aliphatic heterocycles. The molecule has 1 saturated heterocycles. The Bertz CT molecular complexity index is 839. The Morgan fingerprint density at radius 2 is 1.71 bits per heavy atom. The Balaban J connectivity index is 1.70. The average molecular weight is 365 g/mol. The van der Waals surface area contributed by atoms with E-state index in [-0.39, 0.29) is 5.91 Å². The van der Waals surface area contributed by atoms with Gasteiger partial charge in [-0.15, -0.1) is 11.3 Å². The van der Waals surface area contributed by atoms with Crippen molar-refractivity contribution in [3.05, 3.63) is 45.9 Å². The van der Waals surface area contributed by atoms with Gasteiger partial charge in [-0.05, 0) is 26.0 Å². The number of thiazole rings is 1. The van der Waals surface area contributed by atoms with Crippen molar-refractivity contribution in [1.82, 2.24) is 14.2 Å². The average Bonchev–Trinajstić information content (AvgIpc) is 2.93. The number of nitrogens with zero attached hydrogens (tertiary/aromatic N) is 3. The number of piperazine rings is 1. The fourth-order valence-electron chi connectivity index (χ4n) is 2.75. The molecule has 1 amide bonds. The molecule has 2 aromatic rings. The number of hydrogen-bond acceptors (Lipinski definition) is 5. The fourth-order valence-corrected chi connectivity index (χ4v) is 5.08. The summed E-state index contributed by atoms with van der Waals surface area (Å²) in [6, 6.07) is 8.39. The van der Waals surface area contributed by atoms with E-state index in [1.165, 1.54) is 15.6 Å². The monoisotopic (exact) mass is 365 g/mol. The van der Waals surface area contributed by atoms with E-state index in [0.29, 0.717) is 36.0 Å². The highest BCUT2D eigenvalue weighted by atomic mass is 32.2. The molecule has 0 unspecified atom stereocenters. The van der Waals surface area contributed by atoms with Crippen LogP contribution >= 0.6 is 11.3 Å². The summed E-state index contributed by atoms with van der Waals surface area (Å²) in [6.07, 6.45) is 0. The molecule has 6 nitrogen and oxygen atoms in total. The molecule has 0 saturated carbocycles. The summed E-state index contributed by atoms with van der Waals surface area (Å²) in [7, 11) is -3.49. The highest BCUT2D eigenvalue weighted by Crippen LogP contribution is 2.22. The van der Waals surface area contributed by atoms with Crippen LogP contribution in [0.1, 0.15) is 20.4 Å². The molecular formula is C16H19N3O3S2. The second kappa shape index (κ2) is 6.62. The maximum absolute atomic E-state index is 12.6. The smallest absolute Gasteiger partial charge is 0.265 e. The van der Waals surface area contributed by atoms with E-state index in [9.17, 15) is 13.2 Å². The van der Waals surface area contributed by atoms with E-state index in [0.717, 1.165) is 10.7 Å². The van der Waals surface area contributed by atoms with E-state index in [2.05, 4.69) is 4.98 Å². The van der Waals surface area contributed by atoms with Gasteiger partial charge in [-0.1, -0.05) is 18.2 Å². The second-order valence-corrected chi connectivity index (χ2v) is 8.80. The number of carbonyl (C=O) groups is 1. The summed E-state index contributed by atoms with van der Waals surface area (Å²) >= 11 is 1.39. The molecule has 0 spiro atoms. The second-order valence-electron chi connectivity index (χ2n) is 5.66. The lowest BCUT2D eigenvalue weighted by Crippen LogP contribution is -2.50. The van der Waals surface area contributed by atoms with Gasteiger partial charge < -0.3 is 4.90 Å². The molecule has 1 fully saturated rings. The zero-order valence-electron chi connectivity index (χ0n) is 13.6. The van der Waals surface area contributed by atoms with E-state index in [1.54, 1.807) is 35.2 Å². The van der Waals surface area contributed by atoms with Crippen LogP contribution in [0, 0.1) is 13.8 Å². The van der Waals surface area contributed by atoms with Crippen LogP contribution in [0.2, 0.25) is 0 Å². The van der Waals surface area contributed by atoms with E-state index in [1.807, 2.05) is 13.8 Å². The number of aryl methyl sites for hydroxylation is 2. The van der Waals surface area contributed by atoms with Crippen molar-refractivity contribution < 1.29 is 13.2 Å². The number of rotatable bonds is 3. The lowest BCUT2D eigenvalue weighted by molar-refractivity contribution is 0.0702. The third-order valence-electron chi connectivity index (χ3n) is 4.00. The largest absolute Gasteiger partial charge is 0.335 e. The van der Waals surface area contributed by atoms with Gasteiger partial charge in [0.15, 0.2) is 0 Å². The van der Waals surface area contributed by atoms with Gasteiger partial charge in [0.05, 0.1) is 15.6 Å². The minimum absolute atomic E-state index is 0.0603.